The zero-order chi connectivity index (χ0) is 9.97. The summed E-state index contributed by atoms with van der Waals surface area (Å²) in [6.07, 6.45) is 2.43. The zero-order valence-corrected chi connectivity index (χ0v) is 8.86. The molecule has 1 aliphatic rings. The average Bonchev–Trinajstić information content (AvgIpc) is 2.65. The molecule has 0 spiro atoms. The van der Waals surface area contributed by atoms with Crippen molar-refractivity contribution in [3.63, 3.8) is 0 Å². The van der Waals surface area contributed by atoms with Crippen molar-refractivity contribution < 1.29 is 4.84 Å². The Morgan fingerprint density at radius 3 is 3.00 bits per heavy atom. The molecule has 0 aliphatic carbocycles. The molecule has 14 heavy (non-hydrogen) atoms. The molecule has 76 valence electrons. The molecule has 1 aromatic rings. The molecule has 1 heterocycles. The normalized spacial score (nSPS) is 22.9. The molecular formula is C12H17NO. The van der Waals surface area contributed by atoms with E-state index in [4.69, 9.17) is 4.84 Å². The maximum atomic E-state index is 5.35. The van der Waals surface area contributed by atoms with E-state index in [2.05, 4.69) is 36.3 Å². The van der Waals surface area contributed by atoms with Crippen LogP contribution < -0.4 is 0 Å². The maximum Gasteiger partial charge on any atom is 0.0602 e. The van der Waals surface area contributed by atoms with Crippen molar-refractivity contribution >= 4 is 0 Å². The van der Waals surface area contributed by atoms with Crippen LogP contribution in [0.3, 0.4) is 0 Å². The first kappa shape index (κ1) is 9.69. The van der Waals surface area contributed by atoms with Crippen molar-refractivity contribution in [2.45, 2.75) is 25.8 Å². The molecule has 1 atom stereocenters. The van der Waals surface area contributed by atoms with E-state index in [1.54, 1.807) is 7.11 Å². The summed E-state index contributed by atoms with van der Waals surface area (Å²) in [5, 5.41) is 2.08. The Morgan fingerprint density at radius 2 is 2.29 bits per heavy atom. The van der Waals surface area contributed by atoms with Gasteiger partial charge in [-0.25, -0.2) is 0 Å². The van der Waals surface area contributed by atoms with Crippen molar-refractivity contribution in [3.8, 4) is 0 Å². The van der Waals surface area contributed by atoms with Crippen molar-refractivity contribution in [3.05, 3.63) is 35.4 Å². The Kier molecular flexibility index (Phi) is 2.85. The Morgan fingerprint density at radius 1 is 1.43 bits per heavy atom. The van der Waals surface area contributed by atoms with Gasteiger partial charge in [0, 0.05) is 6.54 Å². The summed E-state index contributed by atoms with van der Waals surface area (Å²) in [5.41, 5.74) is 2.70. The summed E-state index contributed by atoms with van der Waals surface area (Å²) < 4.78 is 0. The highest BCUT2D eigenvalue weighted by atomic mass is 16.7. The number of hydrogen-bond donors (Lipinski definition) is 0. The van der Waals surface area contributed by atoms with Crippen LogP contribution in [-0.2, 0) is 4.84 Å². The van der Waals surface area contributed by atoms with E-state index < -0.39 is 0 Å². The predicted molar refractivity (Wildman–Crippen MR) is 56.9 cm³/mol. The van der Waals surface area contributed by atoms with Crippen LogP contribution in [0.15, 0.2) is 24.3 Å². The molecular weight excluding hydrogens is 174 g/mol. The predicted octanol–water partition coefficient (Wildman–Crippen LogP) is 2.69. The summed E-state index contributed by atoms with van der Waals surface area (Å²) in [6.45, 7) is 3.19. The van der Waals surface area contributed by atoms with Gasteiger partial charge in [0.15, 0.2) is 0 Å². The van der Waals surface area contributed by atoms with Crippen molar-refractivity contribution in [2.75, 3.05) is 13.7 Å². The first-order chi connectivity index (χ1) is 6.81. The maximum absolute atomic E-state index is 5.35. The monoisotopic (exact) mass is 191 g/mol. The standard InChI is InChI=1S/C12H17NO/c1-10-5-3-6-11(9-10)12-7-4-8-13(12)14-2/h3,5-6,9,12H,4,7-8H2,1-2H3/t12-/m0/s1. The van der Waals surface area contributed by atoms with Gasteiger partial charge < -0.3 is 4.84 Å². The van der Waals surface area contributed by atoms with Gasteiger partial charge in [0.1, 0.15) is 0 Å². The lowest BCUT2D eigenvalue weighted by atomic mass is 10.0. The minimum Gasteiger partial charge on any atom is -0.302 e. The molecule has 2 rings (SSSR count). The first-order valence-corrected chi connectivity index (χ1v) is 5.18. The third-order valence-corrected chi connectivity index (χ3v) is 2.87. The lowest BCUT2D eigenvalue weighted by molar-refractivity contribution is -0.142. The highest BCUT2D eigenvalue weighted by Gasteiger charge is 2.25. The lowest BCUT2D eigenvalue weighted by Gasteiger charge is -2.22. The Hall–Kier alpha value is -0.860. The molecule has 0 N–H and O–H groups in total. The van der Waals surface area contributed by atoms with Crippen LogP contribution in [-0.4, -0.2) is 18.7 Å². The molecule has 2 heteroatoms. The van der Waals surface area contributed by atoms with Crippen LogP contribution in [0.5, 0.6) is 0 Å². The van der Waals surface area contributed by atoms with Crippen molar-refractivity contribution in [1.82, 2.24) is 5.06 Å². The molecule has 1 aromatic carbocycles. The van der Waals surface area contributed by atoms with Crippen LogP contribution in [0.1, 0.15) is 30.0 Å². The summed E-state index contributed by atoms with van der Waals surface area (Å²) in [5.74, 6) is 0. The molecule has 1 aliphatic heterocycles. The second kappa shape index (κ2) is 4.11. The van der Waals surface area contributed by atoms with Crippen LogP contribution in [0.2, 0.25) is 0 Å². The molecule has 1 fully saturated rings. The lowest BCUT2D eigenvalue weighted by Crippen LogP contribution is -2.21. The van der Waals surface area contributed by atoms with Gasteiger partial charge >= 0.3 is 0 Å². The average molecular weight is 191 g/mol. The summed E-state index contributed by atoms with van der Waals surface area (Å²) in [6, 6.07) is 9.16. The summed E-state index contributed by atoms with van der Waals surface area (Å²) in [7, 11) is 1.76. The number of hydrogen-bond acceptors (Lipinski definition) is 2. The Labute approximate surface area is 85.4 Å². The van der Waals surface area contributed by atoms with E-state index in [1.165, 1.54) is 24.0 Å². The van der Waals surface area contributed by atoms with Gasteiger partial charge in [0.25, 0.3) is 0 Å². The molecule has 0 aromatic heterocycles. The fourth-order valence-corrected chi connectivity index (χ4v) is 2.17. The number of rotatable bonds is 2. The van der Waals surface area contributed by atoms with Gasteiger partial charge in [-0.1, -0.05) is 29.8 Å². The fourth-order valence-electron chi connectivity index (χ4n) is 2.17. The van der Waals surface area contributed by atoms with Crippen LogP contribution in [0, 0.1) is 6.92 Å². The highest BCUT2D eigenvalue weighted by Crippen LogP contribution is 2.31. The van der Waals surface area contributed by atoms with E-state index in [0.29, 0.717) is 6.04 Å². The molecule has 0 unspecified atom stereocenters. The minimum absolute atomic E-state index is 0.458. The van der Waals surface area contributed by atoms with Gasteiger partial charge in [-0.15, -0.1) is 0 Å². The van der Waals surface area contributed by atoms with Gasteiger partial charge in [0.05, 0.1) is 13.2 Å². The fraction of sp³-hybridized carbons (Fsp3) is 0.500. The van der Waals surface area contributed by atoms with E-state index in [0.717, 1.165) is 6.54 Å². The van der Waals surface area contributed by atoms with Gasteiger partial charge in [-0.05, 0) is 25.3 Å². The summed E-state index contributed by atoms with van der Waals surface area (Å²) in [4.78, 5) is 5.35. The third-order valence-electron chi connectivity index (χ3n) is 2.87. The van der Waals surface area contributed by atoms with Crippen LogP contribution in [0.4, 0.5) is 0 Å². The van der Waals surface area contributed by atoms with Gasteiger partial charge in [-0.3, -0.25) is 0 Å². The van der Waals surface area contributed by atoms with E-state index in [1.807, 2.05) is 0 Å². The van der Waals surface area contributed by atoms with Crippen molar-refractivity contribution in [1.29, 1.82) is 0 Å². The molecule has 0 amide bonds. The zero-order valence-electron chi connectivity index (χ0n) is 8.86. The first-order valence-electron chi connectivity index (χ1n) is 5.18. The van der Waals surface area contributed by atoms with Crippen LogP contribution in [0.25, 0.3) is 0 Å². The number of benzene rings is 1. The van der Waals surface area contributed by atoms with Gasteiger partial charge in [0.2, 0.25) is 0 Å². The largest absolute Gasteiger partial charge is 0.302 e. The molecule has 0 radical (unpaired) electrons. The van der Waals surface area contributed by atoms with Crippen LogP contribution >= 0.6 is 0 Å². The number of hydroxylamine groups is 2. The van der Waals surface area contributed by atoms with E-state index in [-0.39, 0.29) is 0 Å². The van der Waals surface area contributed by atoms with E-state index >= 15 is 0 Å². The molecule has 2 nitrogen and oxygen atoms in total. The second-order valence-corrected chi connectivity index (χ2v) is 3.90. The Balaban J connectivity index is 2.21. The summed E-state index contributed by atoms with van der Waals surface area (Å²) >= 11 is 0. The third kappa shape index (κ3) is 1.81. The van der Waals surface area contributed by atoms with E-state index in [9.17, 15) is 0 Å². The number of aryl methyl sites for hydroxylation is 1. The molecule has 1 saturated heterocycles. The smallest absolute Gasteiger partial charge is 0.0602 e. The SMILES string of the molecule is CON1CCC[C@H]1c1cccc(C)c1. The molecule has 0 saturated carbocycles. The minimum atomic E-state index is 0.458. The van der Waals surface area contributed by atoms with Crippen molar-refractivity contribution in [2.24, 2.45) is 0 Å². The highest BCUT2D eigenvalue weighted by molar-refractivity contribution is 5.25. The molecule has 0 bridgehead atoms. The van der Waals surface area contributed by atoms with Gasteiger partial charge in [-0.2, -0.15) is 5.06 Å². The quantitative estimate of drug-likeness (QED) is 0.712. The topological polar surface area (TPSA) is 12.5 Å². The Bertz CT molecular complexity index is 311. The second-order valence-electron chi connectivity index (χ2n) is 3.90. The number of nitrogens with zero attached hydrogens (tertiary/aromatic N) is 1.